The lowest BCUT2D eigenvalue weighted by Gasteiger charge is -2.15. The summed E-state index contributed by atoms with van der Waals surface area (Å²) < 4.78 is 13.4. The van der Waals surface area contributed by atoms with E-state index in [1.165, 1.54) is 18.2 Å². The minimum absolute atomic E-state index is 0.0480. The van der Waals surface area contributed by atoms with Gasteiger partial charge in [0.2, 0.25) is 0 Å². The molecule has 0 fully saturated rings. The van der Waals surface area contributed by atoms with Crippen LogP contribution in [0.25, 0.3) is 0 Å². The molecule has 1 aromatic carbocycles. The average Bonchev–Trinajstić information content (AvgIpc) is 2.15. The van der Waals surface area contributed by atoms with E-state index in [2.05, 4.69) is 0 Å². The fraction of sp³-hybridized carbons (Fsp3) is 0.364. The van der Waals surface area contributed by atoms with Crippen LogP contribution in [0.4, 0.5) is 4.39 Å². The standard InChI is InChI=1S/C11H13ClFNO/c1-6(2)10(14)11(15)9-7(12)4-3-5-8(9)13/h3-6,10H,14H2,1-2H3. The first-order chi connectivity index (χ1) is 6.95. The highest BCUT2D eigenvalue weighted by molar-refractivity contribution is 6.34. The van der Waals surface area contributed by atoms with Gasteiger partial charge in [-0.15, -0.1) is 0 Å². The van der Waals surface area contributed by atoms with Gasteiger partial charge in [-0.05, 0) is 18.1 Å². The summed E-state index contributed by atoms with van der Waals surface area (Å²) in [5, 5.41) is 0.108. The first kappa shape index (κ1) is 12.1. The number of Topliss-reactive ketones (excluding diaryl/α,β-unsaturated/α-hetero) is 1. The predicted octanol–water partition coefficient (Wildman–Crippen LogP) is 2.65. The first-order valence-electron chi connectivity index (χ1n) is 4.69. The summed E-state index contributed by atoms with van der Waals surface area (Å²) in [4.78, 5) is 11.8. The molecule has 0 aliphatic heterocycles. The fourth-order valence-electron chi connectivity index (χ4n) is 1.20. The number of hydrogen-bond donors (Lipinski definition) is 1. The van der Waals surface area contributed by atoms with Gasteiger partial charge in [0.05, 0.1) is 16.6 Å². The van der Waals surface area contributed by atoms with Gasteiger partial charge in [-0.3, -0.25) is 4.79 Å². The Kier molecular flexibility index (Phi) is 3.83. The third-order valence-electron chi connectivity index (χ3n) is 2.23. The molecule has 0 saturated carbocycles. The van der Waals surface area contributed by atoms with Crippen LogP contribution in [0.5, 0.6) is 0 Å². The maximum Gasteiger partial charge on any atom is 0.184 e. The molecule has 1 unspecified atom stereocenters. The van der Waals surface area contributed by atoms with Crippen LogP contribution in [-0.2, 0) is 0 Å². The molecule has 4 heteroatoms. The number of halogens is 2. The van der Waals surface area contributed by atoms with Crippen LogP contribution in [-0.4, -0.2) is 11.8 Å². The summed E-state index contributed by atoms with van der Waals surface area (Å²) >= 11 is 5.76. The van der Waals surface area contributed by atoms with Crippen LogP contribution in [0.15, 0.2) is 18.2 Å². The van der Waals surface area contributed by atoms with E-state index in [-0.39, 0.29) is 16.5 Å². The van der Waals surface area contributed by atoms with Crippen LogP contribution < -0.4 is 5.73 Å². The number of carbonyl (C=O) groups excluding carboxylic acids is 1. The smallest absolute Gasteiger partial charge is 0.184 e. The Bertz CT molecular complexity index is 359. The van der Waals surface area contributed by atoms with Crippen molar-refractivity contribution in [2.45, 2.75) is 19.9 Å². The van der Waals surface area contributed by atoms with Crippen molar-refractivity contribution in [3.05, 3.63) is 34.6 Å². The zero-order valence-corrected chi connectivity index (χ0v) is 9.38. The lowest BCUT2D eigenvalue weighted by molar-refractivity contribution is 0.0936. The largest absolute Gasteiger partial charge is 0.321 e. The van der Waals surface area contributed by atoms with Gasteiger partial charge in [0.1, 0.15) is 5.82 Å². The molecule has 2 N–H and O–H groups in total. The number of rotatable bonds is 3. The molecule has 15 heavy (non-hydrogen) atoms. The molecule has 0 aromatic heterocycles. The highest BCUT2D eigenvalue weighted by Crippen LogP contribution is 2.21. The fourth-order valence-corrected chi connectivity index (χ4v) is 1.46. The minimum Gasteiger partial charge on any atom is -0.321 e. The summed E-state index contributed by atoms with van der Waals surface area (Å²) in [6, 6.07) is 3.41. The summed E-state index contributed by atoms with van der Waals surface area (Å²) in [6.45, 7) is 3.61. The molecule has 0 aliphatic carbocycles. The second-order valence-corrected chi connectivity index (χ2v) is 4.14. The molecule has 2 nitrogen and oxygen atoms in total. The second-order valence-electron chi connectivity index (χ2n) is 3.73. The van der Waals surface area contributed by atoms with Gasteiger partial charge >= 0.3 is 0 Å². The molecular formula is C11H13ClFNO. The van der Waals surface area contributed by atoms with Gasteiger partial charge < -0.3 is 5.73 Å². The molecule has 1 rings (SSSR count). The van der Waals surface area contributed by atoms with E-state index in [4.69, 9.17) is 17.3 Å². The number of carbonyl (C=O) groups is 1. The number of ketones is 1. The maximum atomic E-state index is 13.4. The third kappa shape index (κ3) is 2.55. The molecule has 0 spiro atoms. The quantitative estimate of drug-likeness (QED) is 0.810. The van der Waals surface area contributed by atoms with Crippen LogP contribution in [0.1, 0.15) is 24.2 Å². The Morgan fingerprint density at radius 3 is 2.53 bits per heavy atom. The summed E-state index contributed by atoms with van der Waals surface area (Å²) in [6.07, 6.45) is 0. The van der Waals surface area contributed by atoms with E-state index in [1.807, 2.05) is 0 Å². The van der Waals surface area contributed by atoms with Crippen LogP contribution in [0, 0.1) is 11.7 Å². The monoisotopic (exact) mass is 229 g/mol. The Morgan fingerprint density at radius 1 is 1.47 bits per heavy atom. The molecular weight excluding hydrogens is 217 g/mol. The van der Waals surface area contributed by atoms with Gasteiger partial charge in [0.25, 0.3) is 0 Å². The number of benzene rings is 1. The van der Waals surface area contributed by atoms with Crippen molar-refractivity contribution in [1.29, 1.82) is 0 Å². The normalized spacial score (nSPS) is 12.9. The zero-order chi connectivity index (χ0) is 11.6. The maximum absolute atomic E-state index is 13.4. The first-order valence-corrected chi connectivity index (χ1v) is 5.06. The zero-order valence-electron chi connectivity index (χ0n) is 8.63. The Balaban J connectivity index is 3.11. The molecule has 0 aliphatic rings. The Labute approximate surface area is 93.2 Å². The van der Waals surface area contributed by atoms with E-state index in [0.29, 0.717) is 0 Å². The van der Waals surface area contributed by atoms with Crippen molar-refractivity contribution in [2.24, 2.45) is 11.7 Å². The van der Waals surface area contributed by atoms with E-state index >= 15 is 0 Å². The molecule has 1 atom stereocenters. The van der Waals surface area contributed by atoms with Crippen LogP contribution in [0.3, 0.4) is 0 Å². The van der Waals surface area contributed by atoms with E-state index in [1.54, 1.807) is 13.8 Å². The summed E-state index contributed by atoms with van der Waals surface area (Å²) in [7, 11) is 0. The highest BCUT2D eigenvalue weighted by atomic mass is 35.5. The minimum atomic E-state index is -0.723. The third-order valence-corrected chi connectivity index (χ3v) is 2.55. The van der Waals surface area contributed by atoms with Crippen LogP contribution in [0.2, 0.25) is 5.02 Å². The molecule has 0 amide bonds. The lowest BCUT2D eigenvalue weighted by atomic mass is 9.95. The lowest BCUT2D eigenvalue weighted by Crippen LogP contribution is -2.36. The predicted molar refractivity (Wildman–Crippen MR) is 58.6 cm³/mol. The van der Waals surface area contributed by atoms with E-state index in [9.17, 15) is 9.18 Å². The average molecular weight is 230 g/mol. The molecule has 0 saturated heterocycles. The summed E-state index contributed by atoms with van der Waals surface area (Å²) in [5.74, 6) is -1.12. The van der Waals surface area contributed by atoms with Gasteiger partial charge in [-0.25, -0.2) is 4.39 Å². The molecule has 82 valence electrons. The van der Waals surface area contributed by atoms with Crippen LogP contribution >= 0.6 is 11.6 Å². The van der Waals surface area contributed by atoms with Crippen molar-refractivity contribution in [3.8, 4) is 0 Å². The van der Waals surface area contributed by atoms with Gasteiger partial charge in [-0.2, -0.15) is 0 Å². The van der Waals surface area contributed by atoms with Gasteiger partial charge in [-0.1, -0.05) is 31.5 Å². The SMILES string of the molecule is CC(C)C(N)C(=O)c1c(F)cccc1Cl. The van der Waals surface area contributed by atoms with Crippen molar-refractivity contribution >= 4 is 17.4 Å². The number of hydrogen-bond acceptors (Lipinski definition) is 2. The van der Waals surface area contributed by atoms with E-state index in [0.717, 1.165) is 0 Å². The van der Waals surface area contributed by atoms with Gasteiger partial charge in [0, 0.05) is 0 Å². The number of nitrogens with two attached hydrogens (primary N) is 1. The Hall–Kier alpha value is -0.930. The van der Waals surface area contributed by atoms with Crippen molar-refractivity contribution in [2.75, 3.05) is 0 Å². The molecule has 0 radical (unpaired) electrons. The van der Waals surface area contributed by atoms with Crippen molar-refractivity contribution in [1.82, 2.24) is 0 Å². The topological polar surface area (TPSA) is 43.1 Å². The van der Waals surface area contributed by atoms with Crippen molar-refractivity contribution in [3.63, 3.8) is 0 Å². The molecule has 1 aromatic rings. The van der Waals surface area contributed by atoms with E-state index < -0.39 is 17.6 Å². The van der Waals surface area contributed by atoms with Crippen molar-refractivity contribution < 1.29 is 9.18 Å². The van der Waals surface area contributed by atoms with Gasteiger partial charge in [0.15, 0.2) is 5.78 Å². The Morgan fingerprint density at radius 2 is 2.07 bits per heavy atom. The molecule has 0 bridgehead atoms. The summed E-state index contributed by atoms with van der Waals surface area (Å²) in [5.41, 5.74) is 5.54. The second kappa shape index (κ2) is 4.73. The highest BCUT2D eigenvalue weighted by Gasteiger charge is 2.23. The molecule has 0 heterocycles.